The molecule has 0 aromatic heterocycles. The number of carbonyl (C=O) groups excluding carboxylic acids is 4. The van der Waals surface area contributed by atoms with Gasteiger partial charge in [0.25, 0.3) is 5.91 Å². The molecule has 2 aliphatic heterocycles. The molecule has 1 saturated heterocycles. The quantitative estimate of drug-likeness (QED) is 0.331. The second-order valence-electron chi connectivity index (χ2n) is 13.2. The van der Waals surface area contributed by atoms with E-state index in [0.29, 0.717) is 18.6 Å². The van der Waals surface area contributed by atoms with Crippen molar-refractivity contribution in [2.24, 2.45) is 11.8 Å². The van der Waals surface area contributed by atoms with Crippen LogP contribution in [0.15, 0.2) is 48.5 Å². The zero-order valence-corrected chi connectivity index (χ0v) is 27.8. The van der Waals surface area contributed by atoms with E-state index >= 15 is 0 Å². The van der Waals surface area contributed by atoms with Crippen LogP contribution in [0, 0.1) is 11.8 Å². The van der Waals surface area contributed by atoms with Gasteiger partial charge in [-0.25, -0.2) is 0 Å². The molecule has 2 aliphatic rings. The van der Waals surface area contributed by atoms with Crippen molar-refractivity contribution in [3.05, 3.63) is 65.2 Å². The van der Waals surface area contributed by atoms with E-state index in [4.69, 9.17) is 4.74 Å². The number of hydrogen-bond acceptors (Lipinski definition) is 6. The lowest BCUT2D eigenvalue weighted by Gasteiger charge is -2.29. The van der Waals surface area contributed by atoms with Crippen LogP contribution in [-0.4, -0.2) is 66.4 Å². The zero-order valence-electron chi connectivity index (χ0n) is 27.8. The second-order valence-corrected chi connectivity index (χ2v) is 13.2. The summed E-state index contributed by atoms with van der Waals surface area (Å²) in [6.45, 7) is 11.5. The Bertz CT molecular complexity index is 1320. The number of carbonyl (C=O) groups is 4. The SMILES string of the molecule is CC[C@H](C)[C@@H]1NC(=O)C[C@@H](C(=O)NCc2ccc(CN3CCCCC3)cc2)NC(=O)c2ccccc2OC[C@H](CC(C)C)NC1=O. The van der Waals surface area contributed by atoms with Crippen LogP contribution in [0.2, 0.25) is 0 Å². The topological polar surface area (TPSA) is 129 Å². The van der Waals surface area contributed by atoms with E-state index in [1.807, 2.05) is 26.0 Å². The van der Waals surface area contributed by atoms with Gasteiger partial charge in [0.2, 0.25) is 17.7 Å². The molecule has 10 heteroatoms. The largest absolute Gasteiger partial charge is 0.491 e. The Kier molecular flexibility index (Phi) is 13.0. The predicted octanol–water partition coefficient (Wildman–Crippen LogP) is 3.93. The molecule has 4 N–H and O–H groups in total. The first kappa shape index (κ1) is 34.9. The van der Waals surface area contributed by atoms with Gasteiger partial charge in [0.15, 0.2) is 0 Å². The van der Waals surface area contributed by atoms with Crippen molar-refractivity contribution in [1.82, 2.24) is 26.2 Å². The molecule has 4 rings (SSSR count). The van der Waals surface area contributed by atoms with Crippen LogP contribution < -0.4 is 26.0 Å². The van der Waals surface area contributed by atoms with Crippen LogP contribution in [0.1, 0.15) is 87.7 Å². The van der Waals surface area contributed by atoms with E-state index in [0.717, 1.165) is 25.2 Å². The van der Waals surface area contributed by atoms with Gasteiger partial charge in [0.1, 0.15) is 24.4 Å². The molecule has 1 fully saturated rings. The Balaban J connectivity index is 1.51. The lowest BCUT2D eigenvalue weighted by molar-refractivity contribution is -0.132. The normalized spacial score (nSPS) is 22.4. The number of amides is 4. The monoisotopic (exact) mass is 633 g/mol. The smallest absolute Gasteiger partial charge is 0.255 e. The lowest BCUT2D eigenvalue weighted by atomic mass is 9.96. The van der Waals surface area contributed by atoms with Gasteiger partial charge < -0.3 is 26.0 Å². The van der Waals surface area contributed by atoms with E-state index < -0.39 is 29.8 Å². The summed E-state index contributed by atoms with van der Waals surface area (Å²) in [7, 11) is 0. The maximum Gasteiger partial charge on any atom is 0.255 e. The second kappa shape index (κ2) is 17.1. The van der Waals surface area contributed by atoms with Crippen molar-refractivity contribution in [2.75, 3.05) is 19.7 Å². The number of likely N-dealkylation sites (tertiary alicyclic amines) is 1. The molecule has 46 heavy (non-hydrogen) atoms. The first-order chi connectivity index (χ1) is 22.1. The minimum absolute atomic E-state index is 0.149. The highest BCUT2D eigenvalue weighted by atomic mass is 16.5. The number of piperidine rings is 1. The average Bonchev–Trinajstić information content (AvgIpc) is 3.04. The number of nitrogens with one attached hydrogen (secondary N) is 4. The Morgan fingerprint density at radius 1 is 0.935 bits per heavy atom. The Morgan fingerprint density at radius 3 is 2.33 bits per heavy atom. The lowest BCUT2D eigenvalue weighted by Crippen LogP contribution is -2.55. The molecule has 0 aliphatic carbocycles. The molecule has 0 spiro atoms. The van der Waals surface area contributed by atoms with E-state index in [1.54, 1.807) is 24.3 Å². The Hall–Kier alpha value is -3.92. The summed E-state index contributed by atoms with van der Waals surface area (Å²) in [5.41, 5.74) is 2.38. The Morgan fingerprint density at radius 2 is 1.63 bits per heavy atom. The van der Waals surface area contributed by atoms with Crippen molar-refractivity contribution in [2.45, 2.75) is 97.4 Å². The fourth-order valence-corrected chi connectivity index (χ4v) is 6.01. The number of fused-ring (bicyclic) bond motifs is 1. The van der Waals surface area contributed by atoms with Crippen LogP contribution in [-0.2, 0) is 27.5 Å². The summed E-state index contributed by atoms with van der Waals surface area (Å²) in [5, 5.41) is 11.6. The Labute approximate surface area is 273 Å². The van der Waals surface area contributed by atoms with Crippen LogP contribution in [0.4, 0.5) is 0 Å². The first-order valence-electron chi connectivity index (χ1n) is 16.8. The standard InChI is InChI=1S/C36H51N5O5/c1-5-25(4)33-36(45)38-28(19-24(2)3)23-46-31-12-8-7-11-29(31)34(43)39-30(20-32(42)40-33)35(44)37-21-26-13-15-27(16-14-26)22-41-17-9-6-10-18-41/h7-8,11-16,24-25,28,30,33H,5-6,9-10,17-23H2,1-4H3,(H,37,44)(H,38,45)(H,39,43)(H,40,42)/t25-,28-,30-,33-/m0/s1. The predicted molar refractivity (Wildman–Crippen MR) is 178 cm³/mol. The van der Waals surface area contributed by atoms with Gasteiger partial charge in [-0.3, -0.25) is 24.1 Å². The molecule has 4 atom stereocenters. The molecular weight excluding hydrogens is 582 g/mol. The molecule has 10 nitrogen and oxygen atoms in total. The van der Waals surface area contributed by atoms with Gasteiger partial charge in [-0.1, -0.05) is 76.9 Å². The molecule has 250 valence electrons. The van der Waals surface area contributed by atoms with E-state index in [-0.39, 0.29) is 48.9 Å². The van der Waals surface area contributed by atoms with Crippen molar-refractivity contribution >= 4 is 23.6 Å². The molecule has 0 radical (unpaired) electrons. The van der Waals surface area contributed by atoms with Crippen LogP contribution >= 0.6 is 0 Å². The minimum Gasteiger partial charge on any atom is -0.491 e. The number of ether oxygens (including phenoxy) is 1. The molecule has 2 aromatic carbocycles. The molecule has 0 bridgehead atoms. The highest BCUT2D eigenvalue weighted by molar-refractivity contribution is 6.01. The molecule has 2 heterocycles. The van der Waals surface area contributed by atoms with Gasteiger partial charge >= 0.3 is 0 Å². The summed E-state index contributed by atoms with van der Waals surface area (Å²) >= 11 is 0. The van der Waals surface area contributed by atoms with Crippen molar-refractivity contribution < 1.29 is 23.9 Å². The van der Waals surface area contributed by atoms with Crippen LogP contribution in [0.3, 0.4) is 0 Å². The molecular formula is C36H51N5O5. The van der Waals surface area contributed by atoms with Gasteiger partial charge in [-0.15, -0.1) is 0 Å². The first-order valence-corrected chi connectivity index (χ1v) is 16.8. The third-order valence-electron chi connectivity index (χ3n) is 8.84. The fraction of sp³-hybridized carbons (Fsp3) is 0.556. The van der Waals surface area contributed by atoms with Gasteiger partial charge in [-0.2, -0.15) is 0 Å². The van der Waals surface area contributed by atoms with Crippen LogP contribution in [0.5, 0.6) is 5.75 Å². The molecule has 0 unspecified atom stereocenters. The fourth-order valence-electron chi connectivity index (χ4n) is 6.01. The van der Waals surface area contributed by atoms with E-state index in [9.17, 15) is 19.2 Å². The number of para-hydroxylation sites is 1. The summed E-state index contributed by atoms with van der Waals surface area (Å²) in [4.78, 5) is 56.4. The van der Waals surface area contributed by atoms with E-state index in [2.05, 4.69) is 52.1 Å². The van der Waals surface area contributed by atoms with E-state index in [1.165, 1.54) is 24.8 Å². The third-order valence-corrected chi connectivity index (χ3v) is 8.84. The molecule has 0 saturated carbocycles. The zero-order chi connectivity index (χ0) is 33.1. The number of nitrogens with zero attached hydrogens (tertiary/aromatic N) is 1. The highest BCUT2D eigenvalue weighted by Gasteiger charge is 2.32. The minimum atomic E-state index is -1.17. The van der Waals surface area contributed by atoms with Gasteiger partial charge in [-0.05, 0) is 67.4 Å². The highest BCUT2D eigenvalue weighted by Crippen LogP contribution is 2.20. The molecule has 2 aromatic rings. The van der Waals surface area contributed by atoms with Crippen LogP contribution in [0.25, 0.3) is 0 Å². The van der Waals surface area contributed by atoms with Crippen molar-refractivity contribution in [1.29, 1.82) is 0 Å². The maximum atomic E-state index is 13.5. The molecule has 4 amide bonds. The number of benzene rings is 2. The van der Waals surface area contributed by atoms with Gasteiger partial charge in [0.05, 0.1) is 18.0 Å². The number of hydrogen-bond donors (Lipinski definition) is 4. The summed E-state index contributed by atoms with van der Waals surface area (Å²) in [5.74, 6) is -1.34. The summed E-state index contributed by atoms with van der Waals surface area (Å²) in [6.07, 6.45) is 4.76. The third kappa shape index (κ3) is 10.3. The average molecular weight is 634 g/mol. The van der Waals surface area contributed by atoms with Crippen molar-refractivity contribution in [3.8, 4) is 5.75 Å². The summed E-state index contributed by atoms with van der Waals surface area (Å²) < 4.78 is 6.10. The summed E-state index contributed by atoms with van der Waals surface area (Å²) in [6, 6.07) is 12.6. The van der Waals surface area contributed by atoms with Gasteiger partial charge in [0, 0.05) is 13.1 Å². The maximum absolute atomic E-state index is 13.5. The van der Waals surface area contributed by atoms with Crippen molar-refractivity contribution in [3.63, 3.8) is 0 Å². The number of rotatable bonds is 9.